The monoisotopic (exact) mass is 284 g/mol. The molecule has 1 rings (SSSR count). The van der Waals surface area contributed by atoms with Crippen molar-refractivity contribution in [2.24, 2.45) is 0 Å². The molecule has 0 aliphatic rings. The number of carbonyl (C=O) groups excluding carboxylic acids is 1. The Morgan fingerprint density at radius 1 is 1.50 bits per heavy atom. The fourth-order valence-corrected chi connectivity index (χ4v) is 1.74. The summed E-state index contributed by atoms with van der Waals surface area (Å²) in [6.07, 6.45) is 6.14. The number of hydrogen-bond acceptors (Lipinski definition) is 2. The quantitative estimate of drug-likeness (QED) is 0.644. The summed E-state index contributed by atoms with van der Waals surface area (Å²) in [7, 11) is 0. The van der Waals surface area contributed by atoms with Crippen molar-refractivity contribution in [3.8, 4) is 0 Å². The average Bonchev–Trinajstić information content (AvgIpc) is 2.28. The minimum Gasteiger partial charge on any atom is -0.352 e. The van der Waals surface area contributed by atoms with Gasteiger partial charge >= 0.3 is 0 Å². The number of amides is 1. The Kier molecular flexibility index (Phi) is 6.08. The summed E-state index contributed by atoms with van der Waals surface area (Å²) in [5.74, 6) is 0.115. The van der Waals surface area contributed by atoms with Crippen LogP contribution in [0.3, 0.4) is 0 Å². The highest BCUT2D eigenvalue weighted by Gasteiger charge is 2.02. The summed E-state index contributed by atoms with van der Waals surface area (Å²) >= 11 is 3.34. The van der Waals surface area contributed by atoms with Gasteiger partial charge in [-0.1, -0.05) is 15.9 Å². The lowest BCUT2D eigenvalue weighted by molar-refractivity contribution is -0.121. The van der Waals surface area contributed by atoms with E-state index in [1.165, 1.54) is 0 Å². The minimum atomic E-state index is 0.115. The van der Waals surface area contributed by atoms with E-state index in [0.29, 0.717) is 13.0 Å². The Balaban J connectivity index is 2.29. The molecular formula is C12H17BrN2O. The number of unbranched alkanes of at least 4 members (excludes halogenated alkanes) is 1. The van der Waals surface area contributed by atoms with Gasteiger partial charge in [-0.25, -0.2) is 0 Å². The molecule has 0 aromatic carbocycles. The van der Waals surface area contributed by atoms with Crippen LogP contribution in [0.15, 0.2) is 18.5 Å². The molecule has 1 N–H and O–H groups in total. The third kappa shape index (κ3) is 4.75. The molecule has 0 spiro atoms. The number of aryl methyl sites for hydroxylation is 1. The lowest BCUT2D eigenvalue weighted by Gasteiger charge is -2.06. The van der Waals surface area contributed by atoms with Gasteiger partial charge in [0.15, 0.2) is 0 Å². The van der Waals surface area contributed by atoms with Crippen molar-refractivity contribution in [3.05, 3.63) is 29.6 Å². The Morgan fingerprint density at radius 3 is 3.00 bits per heavy atom. The zero-order valence-corrected chi connectivity index (χ0v) is 11.1. The van der Waals surface area contributed by atoms with E-state index < -0.39 is 0 Å². The fourth-order valence-electron chi connectivity index (χ4n) is 1.34. The molecule has 4 heteroatoms. The van der Waals surface area contributed by atoms with Crippen molar-refractivity contribution >= 4 is 21.8 Å². The maximum absolute atomic E-state index is 11.5. The van der Waals surface area contributed by atoms with E-state index in [9.17, 15) is 4.79 Å². The second kappa shape index (κ2) is 7.39. The van der Waals surface area contributed by atoms with Crippen molar-refractivity contribution < 1.29 is 4.79 Å². The molecule has 0 aliphatic heterocycles. The van der Waals surface area contributed by atoms with Crippen LogP contribution in [0.5, 0.6) is 0 Å². The highest BCUT2D eigenvalue weighted by Crippen LogP contribution is 2.04. The number of halogens is 1. The smallest absolute Gasteiger partial charge is 0.220 e. The first-order chi connectivity index (χ1) is 7.74. The molecule has 0 aliphatic carbocycles. The van der Waals surface area contributed by atoms with Crippen LogP contribution in [-0.2, 0) is 11.3 Å². The van der Waals surface area contributed by atoms with Gasteiger partial charge in [-0.2, -0.15) is 0 Å². The molecule has 0 saturated heterocycles. The van der Waals surface area contributed by atoms with E-state index in [1.807, 2.05) is 13.0 Å². The van der Waals surface area contributed by atoms with Gasteiger partial charge in [-0.05, 0) is 37.0 Å². The Bertz CT molecular complexity index is 342. The van der Waals surface area contributed by atoms with E-state index in [0.717, 1.165) is 29.3 Å². The molecule has 88 valence electrons. The number of hydrogen-bond donors (Lipinski definition) is 1. The summed E-state index contributed by atoms with van der Waals surface area (Å²) < 4.78 is 0. The SMILES string of the molecule is Cc1ccncc1CNC(=O)CCCCBr. The van der Waals surface area contributed by atoms with Crippen molar-refractivity contribution in [3.63, 3.8) is 0 Å². The first-order valence-electron chi connectivity index (χ1n) is 5.46. The zero-order valence-electron chi connectivity index (χ0n) is 9.50. The summed E-state index contributed by atoms with van der Waals surface area (Å²) in [4.78, 5) is 15.5. The number of carbonyl (C=O) groups is 1. The van der Waals surface area contributed by atoms with Crippen LogP contribution in [0.2, 0.25) is 0 Å². The first kappa shape index (κ1) is 13.2. The van der Waals surface area contributed by atoms with Crippen molar-refractivity contribution in [1.82, 2.24) is 10.3 Å². The van der Waals surface area contributed by atoms with Crippen LogP contribution >= 0.6 is 15.9 Å². The molecule has 3 nitrogen and oxygen atoms in total. The average molecular weight is 285 g/mol. The van der Waals surface area contributed by atoms with Gasteiger partial charge in [0.25, 0.3) is 0 Å². The number of nitrogens with zero attached hydrogens (tertiary/aromatic N) is 1. The van der Waals surface area contributed by atoms with Crippen LogP contribution in [0.25, 0.3) is 0 Å². The Labute approximate surface area is 105 Å². The largest absolute Gasteiger partial charge is 0.352 e. The van der Waals surface area contributed by atoms with Crippen molar-refractivity contribution in [2.75, 3.05) is 5.33 Å². The second-order valence-electron chi connectivity index (χ2n) is 3.72. The van der Waals surface area contributed by atoms with Gasteiger partial charge in [0, 0.05) is 30.7 Å². The van der Waals surface area contributed by atoms with Gasteiger partial charge in [-0.15, -0.1) is 0 Å². The molecule has 16 heavy (non-hydrogen) atoms. The fraction of sp³-hybridized carbons (Fsp3) is 0.500. The molecule has 0 unspecified atom stereocenters. The molecule has 1 amide bonds. The number of aromatic nitrogens is 1. The highest BCUT2D eigenvalue weighted by atomic mass is 79.9. The predicted molar refractivity (Wildman–Crippen MR) is 68.5 cm³/mol. The lowest BCUT2D eigenvalue weighted by Crippen LogP contribution is -2.22. The first-order valence-corrected chi connectivity index (χ1v) is 6.58. The maximum atomic E-state index is 11.5. The topological polar surface area (TPSA) is 42.0 Å². The lowest BCUT2D eigenvalue weighted by atomic mass is 10.1. The zero-order chi connectivity index (χ0) is 11.8. The molecule has 1 aromatic rings. The van der Waals surface area contributed by atoms with E-state index in [4.69, 9.17) is 0 Å². The van der Waals surface area contributed by atoms with Crippen molar-refractivity contribution in [1.29, 1.82) is 0 Å². The summed E-state index contributed by atoms with van der Waals surface area (Å²) in [6.45, 7) is 2.60. The highest BCUT2D eigenvalue weighted by molar-refractivity contribution is 9.09. The molecule has 0 atom stereocenters. The molecule has 0 saturated carbocycles. The summed E-state index contributed by atoms with van der Waals surface area (Å²) in [5, 5.41) is 3.86. The summed E-state index contributed by atoms with van der Waals surface area (Å²) in [6, 6.07) is 1.95. The van der Waals surface area contributed by atoms with Crippen LogP contribution in [0, 0.1) is 6.92 Å². The third-order valence-electron chi connectivity index (χ3n) is 2.41. The Hall–Kier alpha value is -0.900. The number of pyridine rings is 1. The molecule has 1 aromatic heterocycles. The molecule has 0 fully saturated rings. The van der Waals surface area contributed by atoms with Crippen LogP contribution in [0.4, 0.5) is 0 Å². The van der Waals surface area contributed by atoms with Crippen LogP contribution in [0.1, 0.15) is 30.4 Å². The maximum Gasteiger partial charge on any atom is 0.220 e. The van der Waals surface area contributed by atoms with Crippen LogP contribution in [-0.4, -0.2) is 16.2 Å². The van der Waals surface area contributed by atoms with E-state index in [2.05, 4.69) is 26.2 Å². The van der Waals surface area contributed by atoms with Gasteiger partial charge < -0.3 is 5.32 Å². The van der Waals surface area contributed by atoms with Gasteiger partial charge in [0.05, 0.1) is 0 Å². The molecule has 0 radical (unpaired) electrons. The van der Waals surface area contributed by atoms with Crippen LogP contribution < -0.4 is 5.32 Å². The third-order valence-corrected chi connectivity index (χ3v) is 2.97. The molecule has 1 heterocycles. The van der Waals surface area contributed by atoms with E-state index in [-0.39, 0.29) is 5.91 Å². The second-order valence-corrected chi connectivity index (χ2v) is 4.52. The van der Waals surface area contributed by atoms with Crippen molar-refractivity contribution in [2.45, 2.75) is 32.7 Å². The Morgan fingerprint density at radius 2 is 2.31 bits per heavy atom. The van der Waals surface area contributed by atoms with Gasteiger partial charge in [0.1, 0.15) is 0 Å². The van der Waals surface area contributed by atoms with Gasteiger partial charge in [0.2, 0.25) is 5.91 Å². The number of nitrogens with one attached hydrogen (secondary N) is 1. The number of alkyl halides is 1. The normalized spacial score (nSPS) is 10.1. The van der Waals surface area contributed by atoms with E-state index >= 15 is 0 Å². The number of rotatable bonds is 6. The summed E-state index contributed by atoms with van der Waals surface area (Å²) in [5.41, 5.74) is 2.24. The minimum absolute atomic E-state index is 0.115. The standard InChI is InChI=1S/C12H17BrN2O/c1-10-5-7-14-8-11(10)9-15-12(16)4-2-3-6-13/h5,7-8H,2-4,6,9H2,1H3,(H,15,16). The van der Waals surface area contributed by atoms with Gasteiger partial charge in [-0.3, -0.25) is 9.78 Å². The molecule has 0 bridgehead atoms. The molecular weight excluding hydrogens is 268 g/mol. The van der Waals surface area contributed by atoms with E-state index in [1.54, 1.807) is 12.4 Å². The predicted octanol–water partition coefficient (Wildman–Crippen LogP) is 2.57.